The first-order chi connectivity index (χ1) is 9.52. The van der Waals surface area contributed by atoms with E-state index in [9.17, 15) is 5.11 Å². The van der Waals surface area contributed by atoms with Crippen LogP contribution in [-0.4, -0.2) is 27.1 Å². The Bertz CT molecular complexity index is 489. The van der Waals surface area contributed by atoms with Crippen LogP contribution in [0.15, 0.2) is 0 Å². The molecule has 2 fully saturated rings. The number of aromatic nitrogens is 2. The quantitative estimate of drug-likeness (QED) is 0.905. The van der Waals surface area contributed by atoms with E-state index in [0.29, 0.717) is 5.92 Å². The van der Waals surface area contributed by atoms with Crippen LogP contribution in [0.2, 0.25) is 0 Å². The number of aryl methyl sites for hydroxylation is 2. The van der Waals surface area contributed by atoms with Crippen LogP contribution >= 0.6 is 0 Å². The number of aliphatic hydroxyl groups is 1. The van der Waals surface area contributed by atoms with Crippen LogP contribution < -0.4 is 0 Å². The Kier molecular flexibility index (Phi) is 3.63. The predicted octanol–water partition coefficient (Wildman–Crippen LogP) is 2.81. The molecule has 0 aromatic carbocycles. The lowest BCUT2D eigenvalue weighted by Crippen LogP contribution is -2.39. The lowest BCUT2D eigenvalue weighted by molar-refractivity contribution is -0.113. The summed E-state index contributed by atoms with van der Waals surface area (Å²) < 4.78 is 7.95. The van der Waals surface area contributed by atoms with Gasteiger partial charge in [0.1, 0.15) is 0 Å². The van der Waals surface area contributed by atoms with Crippen molar-refractivity contribution >= 4 is 0 Å². The molecule has 4 heteroatoms. The Morgan fingerprint density at radius 1 is 1.35 bits per heavy atom. The van der Waals surface area contributed by atoms with E-state index in [1.165, 1.54) is 25.7 Å². The maximum absolute atomic E-state index is 10.9. The van der Waals surface area contributed by atoms with Crippen LogP contribution in [0.5, 0.6) is 0 Å². The number of ether oxygens (including phenoxy) is 1. The van der Waals surface area contributed by atoms with Gasteiger partial charge in [0.2, 0.25) is 0 Å². The highest BCUT2D eigenvalue weighted by molar-refractivity contribution is 5.27. The summed E-state index contributed by atoms with van der Waals surface area (Å²) in [6.07, 6.45) is 6.44. The smallest absolute Gasteiger partial charge is 0.0855 e. The van der Waals surface area contributed by atoms with Crippen molar-refractivity contribution < 1.29 is 9.84 Å². The summed E-state index contributed by atoms with van der Waals surface area (Å²) in [7, 11) is 1.95. The second-order valence-corrected chi connectivity index (χ2v) is 6.64. The first-order valence-corrected chi connectivity index (χ1v) is 7.84. The minimum absolute atomic E-state index is 0.0634. The topological polar surface area (TPSA) is 47.3 Å². The first-order valence-electron chi connectivity index (χ1n) is 7.84. The van der Waals surface area contributed by atoms with Gasteiger partial charge in [0, 0.05) is 24.9 Å². The molecule has 0 amide bonds. The van der Waals surface area contributed by atoms with Crippen molar-refractivity contribution in [3.63, 3.8) is 0 Å². The number of hydrogen-bond donors (Lipinski definition) is 1. The molecule has 1 saturated carbocycles. The molecular formula is C16H26N2O2. The Balaban J connectivity index is 1.81. The zero-order valence-electron chi connectivity index (χ0n) is 12.9. The minimum Gasteiger partial charge on any atom is -0.388 e. The molecule has 2 aliphatic rings. The normalized spacial score (nSPS) is 27.1. The van der Waals surface area contributed by atoms with E-state index in [0.717, 1.165) is 36.4 Å². The lowest BCUT2D eigenvalue weighted by Gasteiger charge is -2.40. The molecule has 1 aliphatic carbocycles. The van der Waals surface area contributed by atoms with Gasteiger partial charge in [-0.2, -0.15) is 5.10 Å². The van der Waals surface area contributed by atoms with Gasteiger partial charge in [-0.05, 0) is 45.4 Å². The molecule has 1 spiro atoms. The Labute approximate surface area is 121 Å². The van der Waals surface area contributed by atoms with E-state index in [1.54, 1.807) is 0 Å². The maximum Gasteiger partial charge on any atom is 0.0855 e. The summed E-state index contributed by atoms with van der Waals surface area (Å²) in [6.45, 7) is 4.83. The SMILES string of the molecule is Cc1nn(C)c(C)c1C(O)C1CCOC2(CCCC2)C1. The second-order valence-electron chi connectivity index (χ2n) is 6.64. The van der Waals surface area contributed by atoms with Gasteiger partial charge in [0.15, 0.2) is 0 Å². The fraction of sp³-hybridized carbons (Fsp3) is 0.812. The molecule has 0 radical (unpaired) electrons. The summed E-state index contributed by atoms with van der Waals surface area (Å²) in [5, 5.41) is 15.3. The largest absolute Gasteiger partial charge is 0.388 e. The van der Waals surface area contributed by atoms with E-state index in [2.05, 4.69) is 5.10 Å². The number of rotatable bonds is 2. The van der Waals surface area contributed by atoms with Crippen molar-refractivity contribution in [2.24, 2.45) is 13.0 Å². The van der Waals surface area contributed by atoms with Crippen LogP contribution in [0, 0.1) is 19.8 Å². The van der Waals surface area contributed by atoms with Crippen LogP contribution in [0.4, 0.5) is 0 Å². The van der Waals surface area contributed by atoms with Gasteiger partial charge < -0.3 is 9.84 Å². The summed E-state index contributed by atoms with van der Waals surface area (Å²) in [5.74, 6) is 0.309. The van der Waals surface area contributed by atoms with Crippen LogP contribution in [-0.2, 0) is 11.8 Å². The molecule has 1 aliphatic heterocycles. The molecule has 1 saturated heterocycles. The van der Waals surface area contributed by atoms with Gasteiger partial charge in [0.05, 0.1) is 17.4 Å². The average molecular weight is 278 g/mol. The molecule has 20 heavy (non-hydrogen) atoms. The number of aliphatic hydroxyl groups excluding tert-OH is 1. The van der Waals surface area contributed by atoms with Crippen LogP contribution in [0.1, 0.15) is 61.6 Å². The molecular weight excluding hydrogens is 252 g/mol. The molecule has 3 rings (SSSR count). The molecule has 0 bridgehead atoms. The number of hydrogen-bond acceptors (Lipinski definition) is 3. The van der Waals surface area contributed by atoms with Crippen LogP contribution in [0.3, 0.4) is 0 Å². The zero-order valence-corrected chi connectivity index (χ0v) is 12.9. The highest BCUT2D eigenvalue weighted by Crippen LogP contribution is 2.45. The molecule has 112 valence electrons. The molecule has 2 heterocycles. The van der Waals surface area contributed by atoms with E-state index in [4.69, 9.17) is 4.74 Å². The third-order valence-electron chi connectivity index (χ3n) is 5.35. The fourth-order valence-electron chi connectivity index (χ4n) is 4.16. The molecule has 1 aromatic rings. The van der Waals surface area contributed by atoms with Crippen molar-refractivity contribution in [3.05, 3.63) is 17.0 Å². The summed E-state index contributed by atoms with van der Waals surface area (Å²) in [4.78, 5) is 0. The third kappa shape index (κ3) is 2.29. The molecule has 2 unspecified atom stereocenters. The van der Waals surface area contributed by atoms with Gasteiger partial charge in [-0.3, -0.25) is 4.68 Å². The number of nitrogens with zero attached hydrogens (tertiary/aromatic N) is 2. The Morgan fingerprint density at radius 3 is 2.65 bits per heavy atom. The molecule has 2 atom stereocenters. The molecule has 1 aromatic heterocycles. The Morgan fingerprint density at radius 2 is 2.05 bits per heavy atom. The predicted molar refractivity (Wildman–Crippen MR) is 77.5 cm³/mol. The average Bonchev–Trinajstić information content (AvgIpc) is 2.95. The van der Waals surface area contributed by atoms with Crippen LogP contribution in [0.25, 0.3) is 0 Å². The highest BCUT2D eigenvalue weighted by atomic mass is 16.5. The third-order valence-corrected chi connectivity index (χ3v) is 5.35. The minimum atomic E-state index is -0.398. The maximum atomic E-state index is 10.9. The first kappa shape index (κ1) is 14.1. The van der Waals surface area contributed by atoms with Gasteiger partial charge in [-0.1, -0.05) is 12.8 Å². The van der Waals surface area contributed by atoms with Crippen molar-refractivity contribution in [2.45, 2.75) is 64.1 Å². The van der Waals surface area contributed by atoms with Crippen molar-refractivity contribution in [1.82, 2.24) is 9.78 Å². The van der Waals surface area contributed by atoms with Crippen molar-refractivity contribution in [2.75, 3.05) is 6.61 Å². The molecule has 4 nitrogen and oxygen atoms in total. The standard InChI is InChI=1S/C16H26N2O2/c1-11-14(12(2)18(3)17-11)15(19)13-6-9-20-16(10-13)7-4-5-8-16/h13,15,19H,4-10H2,1-3H3. The lowest BCUT2D eigenvalue weighted by atomic mass is 9.79. The van der Waals surface area contributed by atoms with Gasteiger partial charge in [-0.15, -0.1) is 0 Å². The summed E-state index contributed by atoms with van der Waals surface area (Å²) >= 11 is 0. The summed E-state index contributed by atoms with van der Waals surface area (Å²) in [5.41, 5.74) is 3.15. The summed E-state index contributed by atoms with van der Waals surface area (Å²) in [6, 6.07) is 0. The van der Waals surface area contributed by atoms with Crippen molar-refractivity contribution in [3.8, 4) is 0 Å². The van der Waals surface area contributed by atoms with E-state index < -0.39 is 6.10 Å². The van der Waals surface area contributed by atoms with E-state index >= 15 is 0 Å². The second kappa shape index (κ2) is 5.15. The zero-order chi connectivity index (χ0) is 14.3. The highest BCUT2D eigenvalue weighted by Gasteiger charge is 2.42. The van der Waals surface area contributed by atoms with Gasteiger partial charge in [0.25, 0.3) is 0 Å². The van der Waals surface area contributed by atoms with Gasteiger partial charge in [-0.25, -0.2) is 0 Å². The molecule has 1 N–H and O–H groups in total. The van der Waals surface area contributed by atoms with E-state index in [-0.39, 0.29) is 5.60 Å². The Hall–Kier alpha value is -0.870. The monoisotopic (exact) mass is 278 g/mol. The fourth-order valence-corrected chi connectivity index (χ4v) is 4.16. The van der Waals surface area contributed by atoms with Gasteiger partial charge >= 0.3 is 0 Å². The van der Waals surface area contributed by atoms with Crippen molar-refractivity contribution in [1.29, 1.82) is 0 Å². The van der Waals surface area contributed by atoms with E-state index in [1.807, 2.05) is 25.6 Å².